The minimum atomic E-state index is 0.558. The molecule has 2 unspecified atom stereocenters. The fourth-order valence-corrected chi connectivity index (χ4v) is 6.19. The Hall–Kier alpha value is -2.43. The quantitative estimate of drug-likeness (QED) is 0.438. The molecule has 140 valence electrons. The summed E-state index contributed by atoms with van der Waals surface area (Å²) in [5.74, 6) is 0. The molecule has 2 atom stereocenters. The van der Waals surface area contributed by atoms with Crippen LogP contribution >= 0.6 is 11.3 Å². The maximum Gasteiger partial charge on any atom is 0.0644 e. The zero-order chi connectivity index (χ0) is 18.8. The van der Waals surface area contributed by atoms with Gasteiger partial charge in [0.1, 0.15) is 0 Å². The van der Waals surface area contributed by atoms with E-state index in [4.69, 9.17) is 0 Å². The van der Waals surface area contributed by atoms with Crippen LogP contribution in [0.1, 0.15) is 35.7 Å². The van der Waals surface area contributed by atoms with Crippen LogP contribution in [0, 0.1) is 6.92 Å². The van der Waals surface area contributed by atoms with Crippen LogP contribution < -0.4 is 0 Å². The average Bonchev–Trinajstić information content (AvgIpc) is 3.36. The monoisotopic (exact) mass is 385 g/mol. The Balaban J connectivity index is 1.67. The second-order valence-electron chi connectivity index (χ2n) is 8.24. The predicted octanol–water partition coefficient (Wildman–Crippen LogP) is 5.75. The number of hydrogen-bond acceptors (Lipinski definition) is 3. The van der Waals surface area contributed by atoms with Crippen molar-refractivity contribution in [2.24, 2.45) is 0 Å². The van der Waals surface area contributed by atoms with Crippen LogP contribution in [-0.4, -0.2) is 27.5 Å². The van der Waals surface area contributed by atoms with E-state index in [0.717, 1.165) is 6.42 Å². The Morgan fingerprint density at radius 3 is 2.79 bits per heavy atom. The molecule has 4 heteroatoms. The number of pyridine rings is 1. The summed E-state index contributed by atoms with van der Waals surface area (Å²) in [6.07, 6.45) is 7.50. The molecule has 0 saturated carbocycles. The van der Waals surface area contributed by atoms with Gasteiger partial charge in [-0.05, 0) is 62.2 Å². The zero-order valence-corrected chi connectivity index (χ0v) is 17.0. The van der Waals surface area contributed by atoms with Gasteiger partial charge in [0.15, 0.2) is 0 Å². The van der Waals surface area contributed by atoms with Crippen LogP contribution in [0.2, 0.25) is 0 Å². The normalized spacial score (nSPS) is 21.4. The molecule has 0 spiro atoms. The molecule has 0 amide bonds. The molecular weight excluding hydrogens is 362 g/mol. The Kier molecular flexibility index (Phi) is 3.56. The van der Waals surface area contributed by atoms with E-state index in [9.17, 15) is 0 Å². The molecule has 2 bridgehead atoms. The van der Waals surface area contributed by atoms with Crippen LogP contribution in [-0.2, 0) is 6.42 Å². The van der Waals surface area contributed by atoms with Gasteiger partial charge in [0.25, 0.3) is 0 Å². The Labute approximate surface area is 169 Å². The smallest absolute Gasteiger partial charge is 0.0644 e. The first-order valence-corrected chi connectivity index (χ1v) is 11.0. The first-order chi connectivity index (χ1) is 13.7. The molecule has 2 aliphatic rings. The van der Waals surface area contributed by atoms with Crippen molar-refractivity contribution in [2.75, 3.05) is 7.05 Å². The van der Waals surface area contributed by atoms with E-state index in [1.165, 1.54) is 51.8 Å². The van der Waals surface area contributed by atoms with E-state index in [1.807, 2.05) is 12.4 Å². The van der Waals surface area contributed by atoms with Gasteiger partial charge in [0.05, 0.1) is 11.2 Å². The average molecular weight is 386 g/mol. The topological polar surface area (TPSA) is 21.1 Å². The van der Waals surface area contributed by atoms with Gasteiger partial charge in [0.2, 0.25) is 0 Å². The number of fused-ring (bicyclic) bond motifs is 6. The Morgan fingerprint density at radius 1 is 1.07 bits per heavy atom. The summed E-state index contributed by atoms with van der Waals surface area (Å²) < 4.78 is 2.56. The van der Waals surface area contributed by atoms with E-state index in [-0.39, 0.29) is 0 Å². The lowest BCUT2D eigenvalue weighted by molar-refractivity contribution is 0.223. The lowest BCUT2D eigenvalue weighted by atomic mass is 9.97. The van der Waals surface area contributed by atoms with Gasteiger partial charge >= 0.3 is 0 Å². The van der Waals surface area contributed by atoms with Gasteiger partial charge in [-0.1, -0.05) is 11.6 Å². The number of hydrogen-bond donors (Lipinski definition) is 0. The van der Waals surface area contributed by atoms with Crippen molar-refractivity contribution in [3.63, 3.8) is 0 Å². The molecule has 0 radical (unpaired) electrons. The highest BCUT2D eigenvalue weighted by Gasteiger charge is 2.41. The zero-order valence-electron chi connectivity index (χ0n) is 16.2. The molecule has 3 nitrogen and oxygen atoms in total. The summed E-state index contributed by atoms with van der Waals surface area (Å²) in [5.41, 5.74) is 9.65. The summed E-state index contributed by atoms with van der Waals surface area (Å²) in [6.45, 7) is 2.21. The molecule has 3 aromatic heterocycles. The van der Waals surface area contributed by atoms with Crippen LogP contribution in [0.25, 0.3) is 27.7 Å². The minimum Gasteiger partial charge on any atom is -0.312 e. The van der Waals surface area contributed by atoms with E-state index in [1.54, 1.807) is 16.9 Å². The molecule has 1 aromatic carbocycles. The van der Waals surface area contributed by atoms with Crippen LogP contribution in [0.3, 0.4) is 0 Å². The third-order valence-corrected chi connectivity index (χ3v) is 7.47. The highest BCUT2D eigenvalue weighted by atomic mass is 32.1. The number of thiophene rings is 1. The summed E-state index contributed by atoms with van der Waals surface area (Å²) in [4.78, 5) is 6.82. The molecule has 28 heavy (non-hydrogen) atoms. The van der Waals surface area contributed by atoms with Crippen molar-refractivity contribution in [3.05, 3.63) is 70.3 Å². The van der Waals surface area contributed by atoms with E-state index >= 15 is 0 Å². The first-order valence-electron chi connectivity index (χ1n) is 10.0. The molecule has 2 aliphatic heterocycles. The van der Waals surface area contributed by atoms with E-state index in [0.29, 0.717) is 12.1 Å². The molecule has 1 fully saturated rings. The molecule has 5 heterocycles. The SMILES string of the molecule is Cc1ccc2c(c1)c1c(n2-c2cscc2-c2ccncc2)CC2CCC1N2C. The van der Waals surface area contributed by atoms with Gasteiger partial charge in [-0.15, -0.1) is 11.3 Å². The largest absolute Gasteiger partial charge is 0.312 e. The Morgan fingerprint density at radius 2 is 1.93 bits per heavy atom. The third-order valence-electron chi connectivity index (χ3n) is 6.74. The number of likely N-dealkylation sites (N-methyl/N-ethyl adjacent to an activating group) is 1. The van der Waals surface area contributed by atoms with Gasteiger partial charge in [-0.3, -0.25) is 9.88 Å². The predicted molar refractivity (Wildman–Crippen MR) is 116 cm³/mol. The maximum atomic E-state index is 4.21. The Bertz CT molecular complexity index is 1190. The van der Waals surface area contributed by atoms with Crippen molar-refractivity contribution >= 4 is 22.2 Å². The molecule has 0 N–H and O–H groups in total. The molecule has 1 saturated heterocycles. The van der Waals surface area contributed by atoms with Crippen LogP contribution in [0.15, 0.2) is 53.5 Å². The summed E-state index contributed by atoms with van der Waals surface area (Å²) in [6, 6.07) is 12.4. The summed E-state index contributed by atoms with van der Waals surface area (Å²) in [5, 5.41) is 6.04. The van der Waals surface area contributed by atoms with Crippen molar-refractivity contribution < 1.29 is 0 Å². The fourth-order valence-electron chi connectivity index (χ4n) is 5.37. The maximum absolute atomic E-state index is 4.21. The summed E-state index contributed by atoms with van der Waals surface area (Å²) >= 11 is 1.79. The minimum absolute atomic E-state index is 0.558. The lowest BCUT2D eigenvalue weighted by Crippen LogP contribution is -2.34. The first kappa shape index (κ1) is 16.5. The van der Waals surface area contributed by atoms with Crippen molar-refractivity contribution in [1.82, 2.24) is 14.5 Å². The molecule has 0 aliphatic carbocycles. The summed E-state index contributed by atoms with van der Waals surface area (Å²) in [7, 11) is 2.32. The van der Waals surface area contributed by atoms with Crippen molar-refractivity contribution in [1.29, 1.82) is 0 Å². The number of nitrogens with zero attached hydrogens (tertiary/aromatic N) is 3. The van der Waals surface area contributed by atoms with Crippen molar-refractivity contribution in [3.8, 4) is 16.8 Å². The molecular formula is C24H23N3S. The van der Waals surface area contributed by atoms with Gasteiger partial charge in [0, 0.05) is 58.3 Å². The lowest BCUT2D eigenvalue weighted by Gasteiger charge is -2.32. The number of aryl methyl sites for hydroxylation is 1. The second kappa shape index (κ2) is 6.03. The molecule has 4 aromatic rings. The van der Waals surface area contributed by atoms with Crippen molar-refractivity contribution in [2.45, 2.75) is 38.3 Å². The fraction of sp³-hybridized carbons (Fsp3) is 0.292. The number of benzene rings is 1. The highest BCUT2D eigenvalue weighted by Crippen LogP contribution is 2.48. The standard InChI is InChI=1S/C24H23N3S/c1-15-3-5-20-18(11-15)24-21-6-4-17(26(21)2)12-22(24)27(20)23-14-28-13-19(23)16-7-9-25-10-8-16/h3,5,7-11,13-14,17,21H,4,6,12H2,1-2H3. The number of rotatable bonds is 2. The highest BCUT2D eigenvalue weighted by molar-refractivity contribution is 7.08. The third kappa shape index (κ3) is 2.22. The van der Waals surface area contributed by atoms with Gasteiger partial charge < -0.3 is 4.57 Å². The second-order valence-corrected chi connectivity index (χ2v) is 8.98. The van der Waals surface area contributed by atoms with E-state index < -0.39 is 0 Å². The molecule has 6 rings (SSSR count). The van der Waals surface area contributed by atoms with Gasteiger partial charge in [-0.2, -0.15) is 0 Å². The van der Waals surface area contributed by atoms with E-state index in [2.05, 4.69) is 69.5 Å². The van der Waals surface area contributed by atoms with Crippen LogP contribution in [0.5, 0.6) is 0 Å². The van der Waals surface area contributed by atoms with Crippen LogP contribution in [0.4, 0.5) is 0 Å². The number of aromatic nitrogens is 2. The van der Waals surface area contributed by atoms with Gasteiger partial charge in [-0.25, -0.2) is 0 Å².